The van der Waals surface area contributed by atoms with Gasteiger partial charge in [-0.25, -0.2) is 0 Å². The quantitative estimate of drug-likeness (QED) is 0.813. The molecular formula is C21H27N3O3. The van der Waals surface area contributed by atoms with Crippen molar-refractivity contribution in [3.8, 4) is 11.5 Å². The molecule has 0 unspecified atom stereocenters. The van der Waals surface area contributed by atoms with Crippen LogP contribution >= 0.6 is 0 Å². The number of rotatable bonds is 7. The second-order valence-electron chi connectivity index (χ2n) is 6.86. The van der Waals surface area contributed by atoms with Gasteiger partial charge in [0.2, 0.25) is 0 Å². The minimum absolute atomic E-state index is 0.130. The Morgan fingerprint density at radius 3 is 2.89 bits per heavy atom. The Balaban J connectivity index is 1.56. The van der Waals surface area contributed by atoms with Crippen molar-refractivity contribution in [3.63, 3.8) is 0 Å². The van der Waals surface area contributed by atoms with Gasteiger partial charge in [0.1, 0.15) is 0 Å². The number of amides is 1. The number of nitrogens with zero attached hydrogens (tertiary/aromatic N) is 2. The van der Waals surface area contributed by atoms with E-state index in [-0.39, 0.29) is 5.91 Å². The molecule has 1 aromatic carbocycles. The van der Waals surface area contributed by atoms with Crippen LogP contribution in [0.4, 0.5) is 0 Å². The van der Waals surface area contributed by atoms with Crippen molar-refractivity contribution in [1.82, 2.24) is 15.2 Å². The molecule has 1 amide bonds. The van der Waals surface area contributed by atoms with Gasteiger partial charge in [-0.2, -0.15) is 0 Å². The molecule has 0 bridgehead atoms. The summed E-state index contributed by atoms with van der Waals surface area (Å²) < 4.78 is 10.6. The molecule has 0 saturated carbocycles. The summed E-state index contributed by atoms with van der Waals surface area (Å²) in [6, 6.07) is 9.41. The van der Waals surface area contributed by atoms with Crippen molar-refractivity contribution in [2.24, 2.45) is 5.92 Å². The smallest absolute Gasteiger partial charge is 0.255 e. The normalized spacial score (nSPS) is 17.3. The second-order valence-corrected chi connectivity index (χ2v) is 6.86. The third kappa shape index (κ3) is 4.98. The summed E-state index contributed by atoms with van der Waals surface area (Å²) in [5, 5.41) is 3.07. The molecule has 1 fully saturated rings. The van der Waals surface area contributed by atoms with E-state index in [1.54, 1.807) is 38.6 Å². The topological polar surface area (TPSA) is 63.7 Å². The average molecular weight is 369 g/mol. The minimum Gasteiger partial charge on any atom is -0.493 e. The number of carbonyl (C=O) groups excluding carboxylic acids is 1. The Morgan fingerprint density at radius 1 is 1.26 bits per heavy atom. The summed E-state index contributed by atoms with van der Waals surface area (Å²) >= 11 is 0. The first-order chi connectivity index (χ1) is 13.2. The molecule has 1 aromatic heterocycles. The van der Waals surface area contributed by atoms with Crippen LogP contribution in [0.3, 0.4) is 0 Å². The lowest BCUT2D eigenvalue weighted by atomic mass is 9.97. The zero-order valence-corrected chi connectivity index (χ0v) is 16.0. The highest BCUT2D eigenvalue weighted by molar-refractivity contribution is 5.97. The number of likely N-dealkylation sites (tertiary alicyclic amines) is 1. The number of methoxy groups -OCH3 is 2. The van der Waals surface area contributed by atoms with Crippen molar-refractivity contribution in [2.75, 3.05) is 33.9 Å². The van der Waals surface area contributed by atoms with Gasteiger partial charge in [-0.3, -0.25) is 14.7 Å². The van der Waals surface area contributed by atoms with Gasteiger partial charge in [-0.1, -0.05) is 12.1 Å². The molecule has 1 aliphatic heterocycles. The molecule has 27 heavy (non-hydrogen) atoms. The number of hydrogen-bond donors (Lipinski definition) is 1. The Hall–Kier alpha value is -2.60. The SMILES string of the molecule is COc1cccc(C(=O)NC[C@@H]2CCCN(Cc3cccnc3)C2)c1OC. The number of hydrogen-bond acceptors (Lipinski definition) is 5. The van der Waals surface area contributed by atoms with Crippen LogP contribution < -0.4 is 14.8 Å². The molecule has 1 saturated heterocycles. The van der Waals surface area contributed by atoms with Gasteiger partial charge in [0.15, 0.2) is 11.5 Å². The Kier molecular flexibility index (Phi) is 6.65. The molecule has 3 rings (SSSR count). The van der Waals surface area contributed by atoms with Crippen LogP contribution in [0.15, 0.2) is 42.7 Å². The average Bonchev–Trinajstić information content (AvgIpc) is 2.72. The van der Waals surface area contributed by atoms with Crippen LogP contribution in [0, 0.1) is 5.92 Å². The minimum atomic E-state index is -0.130. The lowest BCUT2D eigenvalue weighted by Crippen LogP contribution is -2.40. The lowest BCUT2D eigenvalue weighted by Gasteiger charge is -2.32. The maximum Gasteiger partial charge on any atom is 0.255 e. The third-order valence-corrected chi connectivity index (χ3v) is 4.93. The number of nitrogens with one attached hydrogen (secondary N) is 1. The van der Waals surface area contributed by atoms with Gasteiger partial charge >= 0.3 is 0 Å². The largest absolute Gasteiger partial charge is 0.493 e. The predicted octanol–water partition coefficient (Wildman–Crippen LogP) is 2.74. The van der Waals surface area contributed by atoms with Crippen molar-refractivity contribution in [3.05, 3.63) is 53.9 Å². The highest BCUT2D eigenvalue weighted by Crippen LogP contribution is 2.30. The number of pyridine rings is 1. The molecule has 1 atom stereocenters. The summed E-state index contributed by atoms with van der Waals surface area (Å²) in [6.07, 6.45) is 5.98. The lowest BCUT2D eigenvalue weighted by molar-refractivity contribution is 0.0927. The highest BCUT2D eigenvalue weighted by atomic mass is 16.5. The van der Waals surface area contributed by atoms with Crippen LogP contribution in [0.25, 0.3) is 0 Å². The fraction of sp³-hybridized carbons (Fsp3) is 0.429. The number of ether oxygens (including phenoxy) is 2. The molecule has 6 heteroatoms. The molecule has 0 aliphatic carbocycles. The van der Waals surface area contributed by atoms with Crippen LogP contribution in [0.2, 0.25) is 0 Å². The first-order valence-corrected chi connectivity index (χ1v) is 9.31. The Bertz CT molecular complexity index is 752. The summed E-state index contributed by atoms with van der Waals surface area (Å²) in [5.74, 6) is 1.34. The van der Waals surface area contributed by atoms with Gasteiger partial charge in [0.25, 0.3) is 5.91 Å². The molecular weight excluding hydrogens is 342 g/mol. The fourth-order valence-electron chi connectivity index (χ4n) is 3.61. The van der Waals surface area contributed by atoms with E-state index < -0.39 is 0 Å². The summed E-state index contributed by atoms with van der Waals surface area (Å²) in [5.41, 5.74) is 1.73. The Labute approximate surface area is 160 Å². The second kappa shape index (κ2) is 9.37. The monoisotopic (exact) mass is 369 g/mol. The van der Waals surface area contributed by atoms with Gasteiger partial charge in [0, 0.05) is 32.0 Å². The summed E-state index contributed by atoms with van der Waals surface area (Å²) in [4.78, 5) is 19.3. The Morgan fingerprint density at radius 2 is 2.15 bits per heavy atom. The van der Waals surface area contributed by atoms with E-state index in [0.29, 0.717) is 29.5 Å². The summed E-state index contributed by atoms with van der Waals surface area (Å²) in [6.45, 7) is 3.62. The standard InChI is InChI=1S/C21H27N3O3/c1-26-19-9-3-8-18(20(19)27-2)21(25)23-13-17-7-5-11-24(15-17)14-16-6-4-10-22-12-16/h3-4,6,8-10,12,17H,5,7,11,13-15H2,1-2H3,(H,23,25)/t17-/m0/s1. The number of aromatic nitrogens is 1. The maximum atomic E-state index is 12.6. The van der Waals surface area contributed by atoms with E-state index in [4.69, 9.17) is 9.47 Å². The van der Waals surface area contributed by atoms with Crippen molar-refractivity contribution >= 4 is 5.91 Å². The van der Waals surface area contributed by atoms with Crippen molar-refractivity contribution in [2.45, 2.75) is 19.4 Å². The number of para-hydroxylation sites is 1. The summed E-state index contributed by atoms with van der Waals surface area (Å²) in [7, 11) is 3.12. The van der Waals surface area contributed by atoms with Gasteiger partial charge in [-0.15, -0.1) is 0 Å². The van der Waals surface area contributed by atoms with Gasteiger partial charge < -0.3 is 14.8 Å². The molecule has 1 aliphatic rings. The number of piperidine rings is 1. The molecule has 1 N–H and O–H groups in total. The fourth-order valence-corrected chi connectivity index (χ4v) is 3.61. The van der Waals surface area contributed by atoms with E-state index >= 15 is 0 Å². The molecule has 144 valence electrons. The van der Waals surface area contributed by atoms with Crippen LogP contribution in [-0.2, 0) is 6.54 Å². The molecule has 2 heterocycles. The van der Waals surface area contributed by atoms with E-state index in [0.717, 1.165) is 32.5 Å². The van der Waals surface area contributed by atoms with E-state index in [9.17, 15) is 4.79 Å². The molecule has 6 nitrogen and oxygen atoms in total. The zero-order valence-electron chi connectivity index (χ0n) is 16.0. The van der Waals surface area contributed by atoms with E-state index in [1.165, 1.54) is 5.56 Å². The number of benzene rings is 1. The molecule has 0 spiro atoms. The first kappa shape index (κ1) is 19.2. The van der Waals surface area contributed by atoms with Crippen LogP contribution in [0.5, 0.6) is 11.5 Å². The third-order valence-electron chi connectivity index (χ3n) is 4.93. The first-order valence-electron chi connectivity index (χ1n) is 9.31. The predicted molar refractivity (Wildman–Crippen MR) is 104 cm³/mol. The molecule has 0 radical (unpaired) electrons. The zero-order chi connectivity index (χ0) is 19.1. The van der Waals surface area contributed by atoms with Gasteiger partial charge in [-0.05, 0) is 49.1 Å². The highest BCUT2D eigenvalue weighted by Gasteiger charge is 2.22. The van der Waals surface area contributed by atoms with Crippen molar-refractivity contribution in [1.29, 1.82) is 0 Å². The van der Waals surface area contributed by atoms with Gasteiger partial charge in [0.05, 0.1) is 19.8 Å². The van der Waals surface area contributed by atoms with E-state index in [2.05, 4.69) is 21.3 Å². The van der Waals surface area contributed by atoms with Crippen molar-refractivity contribution < 1.29 is 14.3 Å². The van der Waals surface area contributed by atoms with Crippen LogP contribution in [0.1, 0.15) is 28.8 Å². The van der Waals surface area contributed by atoms with Crippen LogP contribution in [-0.4, -0.2) is 49.6 Å². The number of carbonyl (C=O) groups is 1. The molecule has 2 aromatic rings. The van der Waals surface area contributed by atoms with E-state index in [1.807, 2.05) is 12.3 Å². The maximum absolute atomic E-state index is 12.6.